The second-order valence-electron chi connectivity index (χ2n) is 11.1. The summed E-state index contributed by atoms with van der Waals surface area (Å²) in [5.74, 6) is -0.379. The van der Waals surface area contributed by atoms with Crippen molar-refractivity contribution in [3.63, 3.8) is 0 Å². The fourth-order valence-corrected chi connectivity index (χ4v) is 6.84. The number of benzene rings is 1. The van der Waals surface area contributed by atoms with Gasteiger partial charge in [-0.1, -0.05) is 18.9 Å². The number of piperidine rings is 2. The van der Waals surface area contributed by atoms with E-state index in [1.165, 1.54) is 19.1 Å². The highest BCUT2D eigenvalue weighted by Crippen LogP contribution is 2.44. The summed E-state index contributed by atoms with van der Waals surface area (Å²) in [6.07, 6.45) is 6.30. The predicted molar refractivity (Wildman–Crippen MR) is 140 cm³/mol. The Morgan fingerprint density at radius 2 is 1.43 bits per heavy atom. The van der Waals surface area contributed by atoms with E-state index in [-0.39, 0.29) is 11.7 Å². The van der Waals surface area contributed by atoms with Crippen LogP contribution in [0.1, 0.15) is 44.1 Å². The van der Waals surface area contributed by atoms with Crippen LogP contribution in [0.2, 0.25) is 0 Å². The van der Waals surface area contributed by atoms with Gasteiger partial charge in [-0.25, -0.2) is 0 Å². The zero-order valence-corrected chi connectivity index (χ0v) is 22.2. The maximum Gasteiger partial charge on any atom is 0.175 e. The van der Waals surface area contributed by atoms with Crippen molar-refractivity contribution in [1.29, 1.82) is 0 Å². The normalized spacial score (nSPS) is 33.3. The first-order valence-corrected chi connectivity index (χ1v) is 13.9. The van der Waals surface area contributed by atoms with Crippen LogP contribution in [0.3, 0.4) is 0 Å². The number of rotatable bonds is 7. The van der Waals surface area contributed by atoms with Crippen molar-refractivity contribution in [2.24, 2.45) is 17.8 Å². The van der Waals surface area contributed by atoms with E-state index in [2.05, 4.69) is 9.80 Å². The van der Waals surface area contributed by atoms with E-state index in [9.17, 15) is 15.0 Å². The summed E-state index contributed by atoms with van der Waals surface area (Å²) in [4.78, 5) is 18.8. The summed E-state index contributed by atoms with van der Waals surface area (Å²) in [6.45, 7) is 5.23. The number of ether oxygens (including phenoxy) is 3. The number of aliphatic hydroxyl groups is 2. The molecule has 0 spiro atoms. The number of hydrogen-bond acceptors (Lipinski definition) is 8. The molecule has 0 bridgehead atoms. The highest BCUT2D eigenvalue weighted by Gasteiger charge is 2.55. The topological polar surface area (TPSA) is 91.7 Å². The number of aliphatic hydroxyl groups excluding tert-OH is 2. The summed E-state index contributed by atoms with van der Waals surface area (Å²) in [7, 11) is 3.14. The molecule has 3 fully saturated rings. The molecule has 6 unspecified atom stereocenters. The van der Waals surface area contributed by atoms with Gasteiger partial charge in [-0.15, -0.1) is 0 Å². The summed E-state index contributed by atoms with van der Waals surface area (Å²) >= 11 is 0. The van der Waals surface area contributed by atoms with Gasteiger partial charge in [0.25, 0.3) is 0 Å². The van der Waals surface area contributed by atoms with Crippen LogP contribution < -0.4 is 9.47 Å². The Morgan fingerprint density at radius 3 is 2.03 bits per heavy atom. The van der Waals surface area contributed by atoms with Gasteiger partial charge in [0.2, 0.25) is 0 Å². The summed E-state index contributed by atoms with van der Waals surface area (Å²) in [6, 6.07) is 5.36. The highest BCUT2D eigenvalue weighted by molar-refractivity contribution is 6.22. The van der Waals surface area contributed by atoms with Crippen LogP contribution in [0.25, 0.3) is 5.57 Å². The van der Waals surface area contributed by atoms with Gasteiger partial charge in [-0.05, 0) is 69.6 Å². The minimum absolute atomic E-state index is 0.129. The number of Topliss-reactive ketones (excluding diaryl/α,β-unsaturated/α-hetero) is 1. The molecule has 6 atom stereocenters. The smallest absolute Gasteiger partial charge is 0.175 e. The first-order valence-electron chi connectivity index (χ1n) is 13.9. The highest BCUT2D eigenvalue weighted by atomic mass is 16.5. The van der Waals surface area contributed by atoms with Crippen LogP contribution in [-0.2, 0) is 9.53 Å². The second-order valence-corrected chi connectivity index (χ2v) is 11.1. The minimum atomic E-state index is -0.976. The fraction of sp³-hybridized carbons (Fsp3) is 0.690. The predicted octanol–water partition coefficient (Wildman–Crippen LogP) is 2.57. The molecule has 3 aliphatic heterocycles. The third-order valence-electron chi connectivity index (χ3n) is 8.90. The Balaban J connectivity index is 1.45. The van der Waals surface area contributed by atoms with Gasteiger partial charge in [0, 0.05) is 24.9 Å². The fourth-order valence-electron chi connectivity index (χ4n) is 6.84. The van der Waals surface area contributed by atoms with Gasteiger partial charge < -0.3 is 34.2 Å². The molecule has 3 heterocycles. The quantitative estimate of drug-likeness (QED) is 0.574. The molecule has 1 saturated carbocycles. The number of fused-ring (bicyclic) bond motifs is 1. The Labute approximate surface area is 220 Å². The van der Waals surface area contributed by atoms with Crippen molar-refractivity contribution in [2.75, 3.05) is 53.5 Å². The lowest BCUT2D eigenvalue weighted by Crippen LogP contribution is -2.63. The Morgan fingerprint density at radius 1 is 0.838 bits per heavy atom. The number of methoxy groups -OCH3 is 2. The summed E-state index contributed by atoms with van der Waals surface area (Å²) < 4.78 is 17.1. The van der Waals surface area contributed by atoms with Gasteiger partial charge >= 0.3 is 0 Å². The van der Waals surface area contributed by atoms with E-state index in [0.717, 1.165) is 51.9 Å². The SMILES string of the molecule is COc1ccc(C2=COC3C(CN4CCCCC4)C(O)C(CN4CCCCC4)C(O)C3C2=O)cc1OC. The molecule has 1 aromatic carbocycles. The molecule has 1 aliphatic carbocycles. The third-order valence-corrected chi connectivity index (χ3v) is 8.90. The standard InChI is InChI=1S/C29H42N2O6/c1-35-23-10-9-19(15-24(23)36-2)22-18-37-29-21(17-31-13-7-4-8-14-31)26(32)20(27(33)25(29)28(22)34)16-30-11-5-3-6-12-30/h9-10,15,18,20-21,25-27,29,32-33H,3-8,11-14,16-17H2,1-2H3. The zero-order valence-electron chi connectivity index (χ0n) is 22.2. The van der Waals surface area contributed by atoms with Crippen LogP contribution in [0, 0.1) is 17.8 Å². The molecule has 37 heavy (non-hydrogen) atoms. The molecule has 2 N–H and O–H groups in total. The molecule has 4 aliphatic rings. The number of ketones is 1. The zero-order chi connectivity index (χ0) is 25.9. The van der Waals surface area contributed by atoms with Gasteiger partial charge in [-0.3, -0.25) is 4.79 Å². The largest absolute Gasteiger partial charge is 0.496 e. The molecule has 204 valence electrons. The molecular weight excluding hydrogens is 472 g/mol. The number of hydrogen-bond donors (Lipinski definition) is 2. The first kappa shape index (κ1) is 26.5. The van der Waals surface area contributed by atoms with Crippen molar-refractivity contribution in [2.45, 2.75) is 56.8 Å². The van der Waals surface area contributed by atoms with E-state index in [1.54, 1.807) is 26.4 Å². The van der Waals surface area contributed by atoms with E-state index < -0.39 is 30.1 Å². The molecule has 8 heteroatoms. The van der Waals surface area contributed by atoms with Crippen molar-refractivity contribution in [1.82, 2.24) is 9.80 Å². The van der Waals surface area contributed by atoms with Crippen LogP contribution in [0.15, 0.2) is 24.5 Å². The minimum Gasteiger partial charge on any atom is -0.496 e. The lowest BCUT2D eigenvalue weighted by Gasteiger charge is -2.50. The number of likely N-dealkylation sites (tertiary alicyclic amines) is 2. The van der Waals surface area contributed by atoms with Gasteiger partial charge in [-0.2, -0.15) is 0 Å². The van der Waals surface area contributed by atoms with Gasteiger partial charge in [0.05, 0.1) is 44.2 Å². The number of carbonyl (C=O) groups excluding carboxylic acids is 1. The van der Waals surface area contributed by atoms with Crippen molar-refractivity contribution in [3.8, 4) is 11.5 Å². The molecule has 8 nitrogen and oxygen atoms in total. The number of carbonyl (C=O) groups is 1. The number of nitrogens with zero attached hydrogens (tertiary/aromatic N) is 2. The van der Waals surface area contributed by atoms with Crippen LogP contribution in [-0.4, -0.2) is 97.6 Å². The summed E-state index contributed by atoms with van der Waals surface area (Å²) in [5, 5.41) is 23.3. The van der Waals surface area contributed by atoms with Crippen LogP contribution in [0.4, 0.5) is 0 Å². The van der Waals surface area contributed by atoms with Crippen molar-refractivity contribution >= 4 is 11.4 Å². The molecule has 2 saturated heterocycles. The lowest BCUT2D eigenvalue weighted by atomic mass is 9.65. The van der Waals surface area contributed by atoms with Gasteiger partial charge in [0.15, 0.2) is 17.3 Å². The maximum absolute atomic E-state index is 14.0. The average molecular weight is 515 g/mol. The van der Waals surface area contributed by atoms with E-state index in [0.29, 0.717) is 35.7 Å². The molecular formula is C29H42N2O6. The van der Waals surface area contributed by atoms with Crippen molar-refractivity contribution < 1.29 is 29.2 Å². The molecule has 1 aromatic rings. The first-order chi connectivity index (χ1) is 18.0. The second kappa shape index (κ2) is 11.7. The average Bonchev–Trinajstić information content (AvgIpc) is 2.94. The maximum atomic E-state index is 14.0. The van der Waals surface area contributed by atoms with E-state index in [4.69, 9.17) is 14.2 Å². The Bertz CT molecular complexity index is 971. The number of allylic oxidation sites excluding steroid dienone is 1. The molecule has 0 aromatic heterocycles. The summed E-state index contributed by atoms with van der Waals surface area (Å²) in [5.41, 5.74) is 1.09. The van der Waals surface area contributed by atoms with Crippen LogP contribution in [0.5, 0.6) is 11.5 Å². The van der Waals surface area contributed by atoms with Crippen LogP contribution >= 0.6 is 0 Å². The third kappa shape index (κ3) is 5.39. The molecule has 5 rings (SSSR count). The molecule has 0 amide bonds. The van der Waals surface area contributed by atoms with Crippen molar-refractivity contribution in [3.05, 3.63) is 30.0 Å². The molecule has 0 radical (unpaired) electrons. The van der Waals surface area contributed by atoms with E-state index in [1.807, 2.05) is 6.07 Å². The Hall–Kier alpha value is -2.13. The monoisotopic (exact) mass is 514 g/mol. The Kier molecular flexibility index (Phi) is 8.39. The lowest BCUT2D eigenvalue weighted by molar-refractivity contribution is -0.173. The van der Waals surface area contributed by atoms with E-state index >= 15 is 0 Å². The van der Waals surface area contributed by atoms with Gasteiger partial charge in [0.1, 0.15) is 6.10 Å².